The van der Waals surface area contributed by atoms with Gasteiger partial charge in [-0.1, -0.05) is 24.3 Å². The van der Waals surface area contributed by atoms with Crippen LogP contribution in [0.1, 0.15) is 12.6 Å². The first-order valence-electron chi connectivity index (χ1n) is 9.71. The Morgan fingerprint density at radius 2 is 2.03 bits per heavy atom. The minimum atomic E-state index is -5.29. The second-order valence-electron chi connectivity index (χ2n) is 7.25. The van der Waals surface area contributed by atoms with Crippen molar-refractivity contribution in [1.82, 2.24) is 29.6 Å². The van der Waals surface area contributed by atoms with Gasteiger partial charge in [0, 0.05) is 24.5 Å². The van der Waals surface area contributed by atoms with Gasteiger partial charge in [0.1, 0.15) is 0 Å². The van der Waals surface area contributed by atoms with Crippen molar-refractivity contribution in [2.24, 2.45) is 0 Å². The molecule has 0 radical (unpaired) electrons. The molecule has 2 N–H and O–H groups in total. The van der Waals surface area contributed by atoms with E-state index in [1.54, 1.807) is 0 Å². The largest absolute Gasteiger partial charge is 0.493 e. The number of halogens is 3. The molecular weight excluding hydrogens is 461 g/mol. The molecule has 33 heavy (non-hydrogen) atoms. The molecule has 4 rings (SSSR count). The van der Waals surface area contributed by atoms with Gasteiger partial charge in [0.15, 0.2) is 11.2 Å². The summed E-state index contributed by atoms with van der Waals surface area (Å²) in [6.45, 7) is 2.35. The van der Waals surface area contributed by atoms with Gasteiger partial charge < -0.3 is 15.1 Å². The standard InChI is InChI=1S/C20H17F3N6O3S/c1-11(24-8-13-7-6-12-4-2-3-5-14(12)27-13)9-28-16-15(25-10-26-16)17(30)29(19(28)33)32-18(31)20(21,22)23/h2-7,10-11,24H,8-9H2,1H3,(H,25,26). The number of imidazole rings is 1. The second-order valence-corrected chi connectivity index (χ2v) is 7.61. The third kappa shape index (κ3) is 4.64. The van der Waals surface area contributed by atoms with Gasteiger partial charge in [-0.25, -0.2) is 9.78 Å². The van der Waals surface area contributed by atoms with E-state index < -0.39 is 22.5 Å². The van der Waals surface area contributed by atoms with Crippen LogP contribution in [-0.2, 0) is 17.9 Å². The van der Waals surface area contributed by atoms with Crippen molar-refractivity contribution in [3.63, 3.8) is 0 Å². The zero-order valence-electron chi connectivity index (χ0n) is 17.1. The fourth-order valence-electron chi connectivity index (χ4n) is 3.24. The van der Waals surface area contributed by atoms with Gasteiger partial charge in [0.25, 0.3) is 0 Å². The van der Waals surface area contributed by atoms with Crippen molar-refractivity contribution in [3.8, 4) is 0 Å². The summed E-state index contributed by atoms with van der Waals surface area (Å²) >= 11 is 5.15. The first-order valence-corrected chi connectivity index (χ1v) is 10.1. The number of aromatic amines is 1. The van der Waals surface area contributed by atoms with Crippen LogP contribution in [-0.4, -0.2) is 42.4 Å². The average Bonchev–Trinajstić information content (AvgIpc) is 3.27. The van der Waals surface area contributed by atoms with Crippen LogP contribution in [0.4, 0.5) is 13.2 Å². The smallest absolute Gasteiger partial charge is 0.339 e. The molecule has 4 aromatic rings. The third-order valence-electron chi connectivity index (χ3n) is 4.83. The number of fused-ring (bicyclic) bond motifs is 2. The maximum Gasteiger partial charge on any atom is 0.493 e. The van der Waals surface area contributed by atoms with E-state index in [4.69, 9.17) is 12.2 Å². The number of hydrogen-bond donors (Lipinski definition) is 2. The number of nitrogens with one attached hydrogen (secondary N) is 2. The Balaban J connectivity index is 1.58. The summed E-state index contributed by atoms with van der Waals surface area (Å²) in [7, 11) is 0. The monoisotopic (exact) mass is 478 g/mol. The molecule has 3 heterocycles. The van der Waals surface area contributed by atoms with E-state index >= 15 is 0 Å². The molecule has 0 aliphatic carbocycles. The van der Waals surface area contributed by atoms with Gasteiger partial charge in [-0.05, 0) is 31.3 Å². The Morgan fingerprint density at radius 3 is 2.79 bits per heavy atom. The molecule has 0 spiro atoms. The predicted molar refractivity (Wildman–Crippen MR) is 115 cm³/mol. The van der Waals surface area contributed by atoms with Crippen molar-refractivity contribution < 1.29 is 22.8 Å². The number of benzene rings is 1. The van der Waals surface area contributed by atoms with E-state index in [-0.39, 0.29) is 28.5 Å². The van der Waals surface area contributed by atoms with Crippen LogP contribution in [0.5, 0.6) is 0 Å². The number of para-hydroxylation sites is 1. The Morgan fingerprint density at radius 1 is 1.27 bits per heavy atom. The fraction of sp³-hybridized carbons (Fsp3) is 0.250. The van der Waals surface area contributed by atoms with Gasteiger partial charge in [0.2, 0.25) is 4.77 Å². The van der Waals surface area contributed by atoms with E-state index in [0.717, 1.165) is 16.6 Å². The lowest BCUT2D eigenvalue weighted by Crippen LogP contribution is -2.41. The minimum Gasteiger partial charge on any atom is -0.339 e. The number of carbonyl (C=O) groups excluding carboxylic acids is 1. The molecule has 0 bridgehead atoms. The van der Waals surface area contributed by atoms with Gasteiger partial charge >= 0.3 is 17.7 Å². The highest BCUT2D eigenvalue weighted by molar-refractivity contribution is 7.71. The predicted octanol–water partition coefficient (Wildman–Crippen LogP) is 2.50. The third-order valence-corrected chi connectivity index (χ3v) is 5.21. The molecule has 0 aliphatic rings. The first kappa shape index (κ1) is 22.6. The lowest BCUT2D eigenvalue weighted by molar-refractivity contribution is -0.200. The first-order chi connectivity index (χ1) is 15.6. The lowest BCUT2D eigenvalue weighted by atomic mass is 10.2. The van der Waals surface area contributed by atoms with Gasteiger partial charge in [-0.15, -0.1) is 4.73 Å². The van der Waals surface area contributed by atoms with Crippen molar-refractivity contribution in [2.45, 2.75) is 32.2 Å². The van der Waals surface area contributed by atoms with Crippen molar-refractivity contribution in [3.05, 3.63) is 63.5 Å². The van der Waals surface area contributed by atoms with Crippen LogP contribution in [0.15, 0.2) is 47.5 Å². The summed E-state index contributed by atoms with van der Waals surface area (Å²) < 4.78 is 39.0. The average molecular weight is 478 g/mol. The Kier molecular flexibility index (Phi) is 5.99. The second kappa shape index (κ2) is 8.75. The van der Waals surface area contributed by atoms with Crippen LogP contribution in [0.3, 0.4) is 0 Å². The van der Waals surface area contributed by atoms with Crippen LogP contribution in [0.2, 0.25) is 0 Å². The molecule has 3 aromatic heterocycles. The van der Waals surface area contributed by atoms with Gasteiger partial charge in [0.05, 0.1) is 17.5 Å². The number of pyridine rings is 1. The summed E-state index contributed by atoms with van der Waals surface area (Å²) in [5.74, 6) is -2.56. The number of hydrogen-bond acceptors (Lipinski definition) is 7. The Labute approximate surface area is 188 Å². The number of rotatable bonds is 6. The molecule has 1 aromatic carbocycles. The maximum atomic E-state index is 12.7. The summed E-state index contributed by atoms with van der Waals surface area (Å²) in [5.41, 5.74) is 0.563. The van der Waals surface area contributed by atoms with Crippen molar-refractivity contribution in [2.75, 3.05) is 0 Å². The van der Waals surface area contributed by atoms with Gasteiger partial charge in [-0.2, -0.15) is 13.2 Å². The van der Waals surface area contributed by atoms with E-state index in [0.29, 0.717) is 6.54 Å². The molecular formula is C20H17F3N6O3S. The molecule has 0 fully saturated rings. The lowest BCUT2D eigenvalue weighted by Gasteiger charge is -2.18. The van der Waals surface area contributed by atoms with Crippen LogP contribution in [0.25, 0.3) is 22.1 Å². The zero-order valence-corrected chi connectivity index (χ0v) is 17.9. The topological polar surface area (TPSA) is 107 Å². The normalized spacial score (nSPS) is 12.8. The molecule has 9 nitrogen and oxygen atoms in total. The number of carbonyl (C=O) groups is 1. The highest BCUT2D eigenvalue weighted by Crippen LogP contribution is 2.16. The van der Waals surface area contributed by atoms with Crippen LogP contribution >= 0.6 is 12.2 Å². The fourth-order valence-corrected chi connectivity index (χ4v) is 3.52. The summed E-state index contributed by atoms with van der Waals surface area (Å²) in [5, 5.41) is 4.26. The van der Waals surface area contributed by atoms with Crippen molar-refractivity contribution >= 4 is 40.3 Å². The highest BCUT2D eigenvalue weighted by Gasteiger charge is 2.42. The summed E-state index contributed by atoms with van der Waals surface area (Å²) in [6, 6.07) is 11.3. The quantitative estimate of drug-likeness (QED) is 0.410. The number of nitrogens with zero attached hydrogens (tertiary/aromatic N) is 4. The highest BCUT2D eigenvalue weighted by atomic mass is 32.1. The molecule has 0 saturated carbocycles. The molecule has 0 saturated heterocycles. The molecule has 0 amide bonds. The van der Waals surface area contributed by atoms with Crippen molar-refractivity contribution in [1.29, 1.82) is 0 Å². The molecule has 13 heteroatoms. The van der Waals surface area contributed by atoms with Gasteiger partial charge in [-0.3, -0.25) is 14.3 Å². The summed E-state index contributed by atoms with van der Waals surface area (Å²) in [6.07, 6.45) is -4.10. The van der Waals surface area contributed by atoms with E-state index in [1.165, 1.54) is 10.9 Å². The molecule has 172 valence electrons. The number of alkyl halides is 3. The Bertz CT molecular complexity index is 1460. The number of H-pyrrole nitrogens is 1. The molecule has 1 atom stereocenters. The zero-order chi connectivity index (χ0) is 23.8. The van der Waals surface area contributed by atoms with Crippen LogP contribution in [0, 0.1) is 4.77 Å². The maximum absolute atomic E-state index is 12.7. The Hall–Kier alpha value is -3.58. The SMILES string of the molecule is CC(Cn1c(=S)n(OC(=O)C(F)(F)F)c(=O)c2[nH]cnc21)NCc1ccc2ccccc2n1. The summed E-state index contributed by atoms with van der Waals surface area (Å²) in [4.78, 5) is 39.2. The van der Waals surface area contributed by atoms with Crippen LogP contribution < -0.4 is 15.7 Å². The van der Waals surface area contributed by atoms with E-state index in [2.05, 4.69) is 25.1 Å². The minimum absolute atomic E-state index is 0.123. The molecule has 1 unspecified atom stereocenters. The van der Waals surface area contributed by atoms with E-state index in [1.807, 2.05) is 43.3 Å². The molecule has 0 aliphatic heterocycles. The number of aromatic nitrogens is 5. The van der Waals surface area contributed by atoms with E-state index in [9.17, 15) is 22.8 Å².